The number of hydrogen-bond donors (Lipinski definition) is 1. The number of thiazole rings is 1. The second kappa shape index (κ2) is 8.98. The van der Waals surface area contributed by atoms with E-state index in [1.165, 1.54) is 11.3 Å². The molecule has 4 heterocycles. The van der Waals surface area contributed by atoms with E-state index in [-0.39, 0.29) is 5.91 Å². The summed E-state index contributed by atoms with van der Waals surface area (Å²) in [4.78, 5) is 34.4. The zero-order chi connectivity index (χ0) is 22.1. The minimum atomic E-state index is -0.477. The van der Waals surface area contributed by atoms with Gasteiger partial charge in [-0.05, 0) is 38.0 Å². The molecule has 0 saturated carbocycles. The first kappa shape index (κ1) is 21.8. The average molecular weight is 478 g/mol. The van der Waals surface area contributed by atoms with Gasteiger partial charge in [-0.1, -0.05) is 23.2 Å². The number of hydrogen-bond acceptors (Lipinski definition) is 5. The summed E-state index contributed by atoms with van der Waals surface area (Å²) in [6.07, 6.45) is 2.33. The van der Waals surface area contributed by atoms with Gasteiger partial charge in [0.25, 0.3) is 5.91 Å². The van der Waals surface area contributed by atoms with E-state index in [1.807, 2.05) is 21.8 Å². The van der Waals surface area contributed by atoms with Gasteiger partial charge in [-0.2, -0.15) is 0 Å². The Morgan fingerprint density at radius 3 is 2.58 bits per heavy atom. The highest BCUT2D eigenvalue weighted by Crippen LogP contribution is 2.33. The Labute approximate surface area is 193 Å². The third kappa shape index (κ3) is 4.61. The van der Waals surface area contributed by atoms with E-state index in [0.717, 1.165) is 47.0 Å². The first-order valence-electron chi connectivity index (χ1n) is 9.90. The molecule has 2 amide bonds. The zero-order valence-electron chi connectivity index (χ0n) is 16.9. The van der Waals surface area contributed by atoms with E-state index >= 15 is 0 Å². The third-order valence-corrected chi connectivity index (χ3v) is 6.67. The standard InChI is InChI=1S/C21H21Cl2N5O2S/c1-12-14(20(24)30)10-16(28(12)7-3-6-27-5-2-4-19(27)29)15-11-31-21(25-15)13-8-17(22)26-18(23)9-13/h8-11H,2-7H2,1H3,(H2,24,30). The summed E-state index contributed by atoms with van der Waals surface area (Å²) in [6.45, 7) is 4.03. The van der Waals surface area contributed by atoms with E-state index in [1.54, 1.807) is 18.2 Å². The van der Waals surface area contributed by atoms with E-state index in [4.69, 9.17) is 33.9 Å². The van der Waals surface area contributed by atoms with Crippen molar-refractivity contribution in [3.05, 3.63) is 45.1 Å². The van der Waals surface area contributed by atoms with E-state index < -0.39 is 5.91 Å². The van der Waals surface area contributed by atoms with Gasteiger partial charge in [0.05, 0.1) is 17.0 Å². The molecule has 3 aromatic rings. The van der Waals surface area contributed by atoms with Crippen molar-refractivity contribution < 1.29 is 9.59 Å². The van der Waals surface area contributed by atoms with Crippen LogP contribution >= 0.6 is 34.5 Å². The number of nitrogens with two attached hydrogens (primary N) is 1. The number of likely N-dealkylation sites (tertiary alicyclic amines) is 1. The van der Waals surface area contributed by atoms with E-state index in [9.17, 15) is 9.59 Å². The van der Waals surface area contributed by atoms with E-state index in [2.05, 4.69) is 4.98 Å². The quantitative estimate of drug-likeness (QED) is 0.510. The van der Waals surface area contributed by atoms with Crippen LogP contribution in [0.25, 0.3) is 22.0 Å². The molecule has 4 rings (SSSR count). The van der Waals surface area contributed by atoms with Crippen molar-refractivity contribution in [2.24, 2.45) is 5.73 Å². The smallest absolute Gasteiger partial charge is 0.250 e. The highest BCUT2D eigenvalue weighted by molar-refractivity contribution is 7.13. The van der Waals surface area contributed by atoms with Crippen LogP contribution in [0.1, 0.15) is 35.3 Å². The Morgan fingerprint density at radius 1 is 1.19 bits per heavy atom. The maximum atomic E-state index is 11.9. The van der Waals surface area contributed by atoms with Crippen LogP contribution < -0.4 is 5.73 Å². The fraction of sp³-hybridized carbons (Fsp3) is 0.333. The predicted octanol–water partition coefficient (Wildman–Crippen LogP) is 4.40. The van der Waals surface area contributed by atoms with Crippen LogP contribution in [0.15, 0.2) is 23.6 Å². The molecule has 0 unspecified atom stereocenters. The van der Waals surface area contributed by atoms with Crippen LogP contribution in [0.4, 0.5) is 0 Å². The second-order valence-electron chi connectivity index (χ2n) is 7.42. The molecule has 0 spiro atoms. The molecule has 1 fully saturated rings. The molecule has 0 atom stereocenters. The number of amides is 2. The SMILES string of the molecule is Cc1c(C(N)=O)cc(-c2csc(-c3cc(Cl)nc(Cl)c3)n2)n1CCCN1CCCC1=O. The van der Waals surface area contributed by atoms with Crippen molar-refractivity contribution in [1.29, 1.82) is 0 Å². The summed E-state index contributed by atoms with van der Waals surface area (Å²) >= 11 is 13.5. The maximum absolute atomic E-state index is 11.9. The lowest BCUT2D eigenvalue weighted by molar-refractivity contribution is -0.127. The minimum Gasteiger partial charge on any atom is -0.366 e. The van der Waals surface area contributed by atoms with E-state index in [0.29, 0.717) is 35.4 Å². The molecule has 3 aromatic heterocycles. The van der Waals surface area contributed by atoms with Gasteiger partial charge in [0.15, 0.2) is 0 Å². The second-order valence-corrected chi connectivity index (χ2v) is 9.05. The molecule has 2 N–H and O–H groups in total. The van der Waals surface area contributed by atoms with Crippen LogP contribution in [0.2, 0.25) is 10.3 Å². The van der Waals surface area contributed by atoms with Gasteiger partial charge in [-0.15, -0.1) is 11.3 Å². The highest BCUT2D eigenvalue weighted by atomic mass is 35.5. The van der Waals surface area contributed by atoms with Crippen LogP contribution in [-0.4, -0.2) is 44.3 Å². The summed E-state index contributed by atoms with van der Waals surface area (Å²) in [5.41, 5.74) is 9.18. The van der Waals surface area contributed by atoms with Gasteiger partial charge in [0.1, 0.15) is 15.3 Å². The van der Waals surface area contributed by atoms with Crippen molar-refractivity contribution in [2.75, 3.05) is 13.1 Å². The molecule has 0 bridgehead atoms. The molecule has 0 aliphatic carbocycles. The Kier molecular flexibility index (Phi) is 6.31. The summed E-state index contributed by atoms with van der Waals surface area (Å²) < 4.78 is 2.05. The van der Waals surface area contributed by atoms with Crippen LogP contribution in [0, 0.1) is 6.92 Å². The van der Waals surface area contributed by atoms with Crippen molar-refractivity contribution in [2.45, 2.75) is 32.7 Å². The highest BCUT2D eigenvalue weighted by Gasteiger charge is 2.22. The molecule has 7 nitrogen and oxygen atoms in total. The number of rotatable bonds is 7. The number of nitrogens with zero attached hydrogens (tertiary/aromatic N) is 4. The lowest BCUT2D eigenvalue weighted by atomic mass is 10.2. The number of halogens is 2. The van der Waals surface area contributed by atoms with Gasteiger partial charge in [-0.25, -0.2) is 9.97 Å². The fourth-order valence-electron chi connectivity index (χ4n) is 3.87. The number of carbonyl (C=O) groups is 2. The normalized spacial score (nSPS) is 13.9. The first-order valence-corrected chi connectivity index (χ1v) is 11.5. The first-order chi connectivity index (χ1) is 14.8. The van der Waals surface area contributed by atoms with Gasteiger partial charge in [0.2, 0.25) is 5.91 Å². The maximum Gasteiger partial charge on any atom is 0.250 e. The summed E-state index contributed by atoms with van der Waals surface area (Å²) in [6, 6.07) is 5.20. The Bertz CT molecular complexity index is 1140. The van der Waals surface area contributed by atoms with Gasteiger partial charge in [0, 0.05) is 42.7 Å². The molecule has 31 heavy (non-hydrogen) atoms. The van der Waals surface area contributed by atoms with Crippen LogP contribution in [0.5, 0.6) is 0 Å². The van der Waals surface area contributed by atoms with Crippen molar-refractivity contribution in [3.63, 3.8) is 0 Å². The lowest BCUT2D eigenvalue weighted by Gasteiger charge is -2.17. The predicted molar refractivity (Wildman–Crippen MR) is 122 cm³/mol. The topological polar surface area (TPSA) is 94.1 Å². The molecule has 162 valence electrons. The molecular formula is C21H21Cl2N5O2S. The van der Waals surface area contributed by atoms with Crippen molar-refractivity contribution >= 4 is 46.4 Å². The minimum absolute atomic E-state index is 0.209. The zero-order valence-corrected chi connectivity index (χ0v) is 19.2. The van der Waals surface area contributed by atoms with Crippen LogP contribution in [0.3, 0.4) is 0 Å². The number of pyridine rings is 1. The Hall–Kier alpha value is -2.42. The number of primary amides is 1. The Balaban J connectivity index is 1.63. The number of aromatic nitrogens is 3. The Morgan fingerprint density at radius 2 is 1.94 bits per heavy atom. The molecule has 0 aromatic carbocycles. The monoisotopic (exact) mass is 477 g/mol. The van der Waals surface area contributed by atoms with Gasteiger partial charge in [-0.3, -0.25) is 9.59 Å². The summed E-state index contributed by atoms with van der Waals surface area (Å²) in [5.74, 6) is -0.267. The molecule has 10 heteroatoms. The van der Waals surface area contributed by atoms with Crippen molar-refractivity contribution in [1.82, 2.24) is 19.4 Å². The summed E-state index contributed by atoms with van der Waals surface area (Å²) in [7, 11) is 0. The third-order valence-electron chi connectivity index (χ3n) is 5.39. The molecule has 1 aliphatic rings. The molecule has 0 radical (unpaired) electrons. The van der Waals surface area contributed by atoms with Gasteiger partial charge < -0.3 is 15.2 Å². The van der Waals surface area contributed by atoms with Crippen LogP contribution in [-0.2, 0) is 11.3 Å². The lowest BCUT2D eigenvalue weighted by Crippen LogP contribution is -2.26. The molecule has 1 saturated heterocycles. The summed E-state index contributed by atoms with van der Waals surface area (Å²) in [5, 5.41) is 3.27. The molecular weight excluding hydrogens is 457 g/mol. The fourth-order valence-corrected chi connectivity index (χ4v) is 5.13. The number of carbonyl (C=O) groups excluding carboxylic acids is 2. The van der Waals surface area contributed by atoms with Gasteiger partial charge >= 0.3 is 0 Å². The molecule has 1 aliphatic heterocycles. The largest absolute Gasteiger partial charge is 0.366 e. The van der Waals surface area contributed by atoms with Crippen molar-refractivity contribution in [3.8, 4) is 22.0 Å². The average Bonchev–Trinajstić information content (AvgIpc) is 3.41.